The third-order valence-electron chi connectivity index (χ3n) is 2.75. The van der Waals surface area contributed by atoms with Gasteiger partial charge in [-0.3, -0.25) is 4.79 Å². The number of amides is 1. The summed E-state index contributed by atoms with van der Waals surface area (Å²) in [5, 5.41) is 2.14. The Bertz CT molecular complexity index is 475. The van der Waals surface area contributed by atoms with Crippen molar-refractivity contribution < 1.29 is 26.7 Å². The van der Waals surface area contributed by atoms with E-state index in [2.05, 4.69) is 5.32 Å². The van der Waals surface area contributed by atoms with E-state index in [-0.39, 0.29) is 6.54 Å². The molecule has 2 nitrogen and oxygen atoms in total. The second kappa shape index (κ2) is 7.21. The lowest BCUT2D eigenvalue weighted by atomic mass is 10.1. The quantitative estimate of drug-likeness (QED) is 0.369. The lowest BCUT2D eigenvalue weighted by Gasteiger charge is -2.09. The van der Waals surface area contributed by atoms with Gasteiger partial charge in [0.2, 0.25) is 5.82 Å². The van der Waals surface area contributed by atoms with Gasteiger partial charge in [0.15, 0.2) is 23.3 Å². The van der Waals surface area contributed by atoms with Gasteiger partial charge in [0.25, 0.3) is 5.91 Å². The summed E-state index contributed by atoms with van der Waals surface area (Å²) in [6.07, 6.45) is 3.26. The second-order valence-electron chi connectivity index (χ2n) is 4.26. The molecule has 0 saturated carbocycles. The van der Waals surface area contributed by atoms with Crippen LogP contribution in [0.4, 0.5) is 22.0 Å². The molecule has 7 heteroatoms. The number of hydrogen-bond donors (Lipinski definition) is 1. The summed E-state index contributed by atoms with van der Waals surface area (Å²) < 4.78 is 65.2. The highest BCUT2D eigenvalue weighted by molar-refractivity contribution is 5.94. The number of nitrogens with one attached hydrogen (secondary N) is 1. The Hall–Kier alpha value is -1.66. The zero-order chi connectivity index (χ0) is 15.3. The van der Waals surface area contributed by atoms with Crippen molar-refractivity contribution >= 4 is 5.91 Å². The molecular formula is C13H14F5NO. The summed E-state index contributed by atoms with van der Waals surface area (Å²) >= 11 is 0. The van der Waals surface area contributed by atoms with Crippen molar-refractivity contribution in [3.63, 3.8) is 0 Å². The van der Waals surface area contributed by atoms with Crippen LogP contribution in [0.3, 0.4) is 0 Å². The summed E-state index contributed by atoms with van der Waals surface area (Å²) in [5.74, 6) is -12.1. The minimum atomic E-state index is -2.28. The standard InChI is InChI=1S/C13H14F5NO/c1-2-3-4-5-6-19-13(20)7-8(14)10(16)12(18)11(17)9(7)15/h2-6H2,1H3,(H,19,20). The first-order valence-electron chi connectivity index (χ1n) is 6.21. The average Bonchev–Trinajstić information content (AvgIpc) is 2.43. The maximum absolute atomic E-state index is 13.3. The van der Waals surface area contributed by atoms with Crippen molar-refractivity contribution in [2.45, 2.75) is 32.6 Å². The van der Waals surface area contributed by atoms with Crippen molar-refractivity contribution in [1.29, 1.82) is 0 Å². The maximum Gasteiger partial charge on any atom is 0.257 e. The summed E-state index contributed by atoms with van der Waals surface area (Å²) in [6.45, 7) is 2.09. The maximum atomic E-state index is 13.3. The molecule has 0 aliphatic rings. The topological polar surface area (TPSA) is 29.1 Å². The molecule has 1 N–H and O–H groups in total. The van der Waals surface area contributed by atoms with Crippen LogP contribution in [0.2, 0.25) is 0 Å². The minimum Gasteiger partial charge on any atom is -0.352 e. The molecule has 0 unspecified atom stereocenters. The molecule has 0 radical (unpaired) electrons. The summed E-state index contributed by atoms with van der Waals surface area (Å²) in [5.41, 5.74) is -1.45. The zero-order valence-corrected chi connectivity index (χ0v) is 10.8. The Balaban J connectivity index is 2.83. The van der Waals surface area contributed by atoms with Gasteiger partial charge in [-0.15, -0.1) is 0 Å². The van der Waals surface area contributed by atoms with Crippen LogP contribution >= 0.6 is 0 Å². The van der Waals surface area contributed by atoms with E-state index in [0.29, 0.717) is 6.42 Å². The van der Waals surface area contributed by atoms with E-state index < -0.39 is 40.6 Å². The van der Waals surface area contributed by atoms with Gasteiger partial charge in [0, 0.05) is 6.54 Å². The summed E-state index contributed by atoms with van der Waals surface area (Å²) in [4.78, 5) is 11.5. The fraction of sp³-hybridized carbons (Fsp3) is 0.462. The monoisotopic (exact) mass is 295 g/mol. The molecule has 20 heavy (non-hydrogen) atoms. The molecule has 0 aromatic heterocycles. The van der Waals surface area contributed by atoms with Crippen molar-refractivity contribution in [1.82, 2.24) is 5.32 Å². The van der Waals surface area contributed by atoms with Crippen LogP contribution in [0.25, 0.3) is 0 Å². The predicted octanol–water partition coefficient (Wildman–Crippen LogP) is 3.69. The van der Waals surface area contributed by atoms with Crippen LogP contribution in [0.5, 0.6) is 0 Å². The van der Waals surface area contributed by atoms with E-state index in [1.165, 1.54) is 0 Å². The van der Waals surface area contributed by atoms with E-state index >= 15 is 0 Å². The molecule has 112 valence electrons. The Kier molecular flexibility index (Phi) is 5.91. The first-order chi connectivity index (χ1) is 9.41. The molecule has 0 fully saturated rings. The smallest absolute Gasteiger partial charge is 0.257 e. The van der Waals surface area contributed by atoms with Crippen LogP contribution in [0, 0.1) is 29.1 Å². The Morgan fingerprint density at radius 1 is 0.850 bits per heavy atom. The first kappa shape index (κ1) is 16.4. The van der Waals surface area contributed by atoms with Crippen molar-refractivity contribution in [2.75, 3.05) is 6.54 Å². The Labute approximate surface area is 113 Å². The van der Waals surface area contributed by atoms with E-state index in [9.17, 15) is 26.7 Å². The first-order valence-corrected chi connectivity index (χ1v) is 6.21. The fourth-order valence-corrected chi connectivity index (χ4v) is 1.65. The second-order valence-corrected chi connectivity index (χ2v) is 4.26. The van der Waals surface area contributed by atoms with E-state index in [1.54, 1.807) is 0 Å². The van der Waals surface area contributed by atoms with Gasteiger partial charge < -0.3 is 5.32 Å². The highest BCUT2D eigenvalue weighted by atomic mass is 19.2. The molecule has 0 aliphatic carbocycles. The van der Waals surface area contributed by atoms with Gasteiger partial charge >= 0.3 is 0 Å². The van der Waals surface area contributed by atoms with Gasteiger partial charge in [-0.2, -0.15) is 0 Å². The number of rotatable bonds is 6. The molecule has 1 amide bonds. The van der Waals surface area contributed by atoms with Crippen LogP contribution in [0.15, 0.2) is 0 Å². The molecule has 0 aliphatic heterocycles. The van der Waals surface area contributed by atoms with Gasteiger partial charge in [0.1, 0.15) is 5.56 Å². The number of benzene rings is 1. The van der Waals surface area contributed by atoms with Crippen LogP contribution in [0.1, 0.15) is 43.0 Å². The third-order valence-corrected chi connectivity index (χ3v) is 2.75. The van der Waals surface area contributed by atoms with E-state index in [1.807, 2.05) is 6.92 Å². The van der Waals surface area contributed by atoms with Gasteiger partial charge in [-0.1, -0.05) is 26.2 Å². The normalized spacial score (nSPS) is 10.7. The zero-order valence-electron chi connectivity index (χ0n) is 10.8. The van der Waals surface area contributed by atoms with Gasteiger partial charge in [0.05, 0.1) is 0 Å². The van der Waals surface area contributed by atoms with Gasteiger partial charge in [-0.25, -0.2) is 22.0 Å². The number of carbonyl (C=O) groups is 1. The molecule has 1 rings (SSSR count). The molecule has 0 heterocycles. The third kappa shape index (κ3) is 3.46. The SMILES string of the molecule is CCCCCCNC(=O)c1c(F)c(F)c(F)c(F)c1F. The average molecular weight is 295 g/mol. The molecule has 0 atom stereocenters. The fourth-order valence-electron chi connectivity index (χ4n) is 1.65. The lowest BCUT2D eigenvalue weighted by Crippen LogP contribution is -2.28. The number of carbonyl (C=O) groups excluding carboxylic acids is 1. The van der Waals surface area contributed by atoms with Gasteiger partial charge in [-0.05, 0) is 6.42 Å². The van der Waals surface area contributed by atoms with Crippen LogP contribution < -0.4 is 5.32 Å². The lowest BCUT2D eigenvalue weighted by molar-refractivity contribution is 0.0941. The van der Waals surface area contributed by atoms with Crippen molar-refractivity contribution in [2.24, 2.45) is 0 Å². The van der Waals surface area contributed by atoms with Crippen molar-refractivity contribution in [3.05, 3.63) is 34.6 Å². The molecule has 0 spiro atoms. The highest BCUT2D eigenvalue weighted by Gasteiger charge is 2.29. The van der Waals surface area contributed by atoms with Crippen LogP contribution in [-0.2, 0) is 0 Å². The Morgan fingerprint density at radius 3 is 1.85 bits per heavy atom. The molecular weight excluding hydrogens is 281 g/mol. The molecule has 0 saturated heterocycles. The van der Waals surface area contributed by atoms with Crippen LogP contribution in [-0.4, -0.2) is 12.5 Å². The summed E-state index contributed by atoms with van der Waals surface area (Å²) in [6, 6.07) is 0. The molecule has 1 aromatic rings. The number of halogens is 5. The number of unbranched alkanes of at least 4 members (excludes halogenated alkanes) is 3. The van der Waals surface area contributed by atoms with E-state index in [0.717, 1.165) is 19.3 Å². The summed E-state index contributed by atoms with van der Waals surface area (Å²) in [7, 11) is 0. The van der Waals surface area contributed by atoms with E-state index in [4.69, 9.17) is 0 Å². The highest BCUT2D eigenvalue weighted by Crippen LogP contribution is 2.22. The number of hydrogen-bond acceptors (Lipinski definition) is 1. The Morgan fingerprint density at radius 2 is 1.35 bits per heavy atom. The largest absolute Gasteiger partial charge is 0.352 e. The minimum absolute atomic E-state index is 0.109. The van der Waals surface area contributed by atoms with Crippen molar-refractivity contribution in [3.8, 4) is 0 Å². The molecule has 0 bridgehead atoms. The molecule has 1 aromatic carbocycles. The predicted molar refractivity (Wildman–Crippen MR) is 62.7 cm³/mol.